The summed E-state index contributed by atoms with van der Waals surface area (Å²) in [5.41, 5.74) is 9.34. The average Bonchev–Trinajstić information content (AvgIpc) is 3.32. The van der Waals surface area contributed by atoms with Crippen molar-refractivity contribution in [1.29, 1.82) is 0 Å². The standard InChI is InChI=1S/C34H22ClN/c35-27-17-18-28(32(21-27)26-16-15-22-7-1-2-8-23(22)19-26)24-9-5-10-25(20-24)29-12-6-13-31-30-11-3-4-14-33(30)36-34(29)31/h1-21,36H. The highest BCUT2D eigenvalue weighted by molar-refractivity contribution is 6.31. The van der Waals surface area contributed by atoms with Gasteiger partial charge in [-0.25, -0.2) is 0 Å². The van der Waals surface area contributed by atoms with E-state index in [0.29, 0.717) is 0 Å². The van der Waals surface area contributed by atoms with E-state index in [2.05, 4.69) is 126 Å². The Morgan fingerprint density at radius 2 is 1.17 bits per heavy atom. The fraction of sp³-hybridized carbons (Fsp3) is 0. The number of H-pyrrole nitrogens is 1. The van der Waals surface area contributed by atoms with Crippen molar-refractivity contribution in [3.05, 3.63) is 132 Å². The van der Waals surface area contributed by atoms with Crippen molar-refractivity contribution in [2.45, 2.75) is 0 Å². The number of nitrogens with one attached hydrogen (secondary N) is 1. The number of hydrogen-bond acceptors (Lipinski definition) is 0. The molecular weight excluding hydrogens is 458 g/mol. The Bertz CT molecular complexity index is 1910. The van der Waals surface area contributed by atoms with E-state index in [9.17, 15) is 0 Å². The summed E-state index contributed by atoms with van der Waals surface area (Å²) >= 11 is 6.50. The maximum Gasteiger partial charge on any atom is 0.0544 e. The van der Waals surface area contributed by atoms with E-state index in [4.69, 9.17) is 11.6 Å². The average molecular weight is 480 g/mol. The van der Waals surface area contributed by atoms with Crippen molar-refractivity contribution < 1.29 is 0 Å². The van der Waals surface area contributed by atoms with E-state index in [-0.39, 0.29) is 0 Å². The predicted octanol–water partition coefficient (Wildman–Crippen LogP) is 10.1. The molecule has 6 aromatic carbocycles. The highest BCUT2D eigenvalue weighted by Crippen LogP contribution is 2.39. The van der Waals surface area contributed by atoms with Crippen molar-refractivity contribution in [1.82, 2.24) is 4.98 Å². The van der Waals surface area contributed by atoms with Crippen LogP contribution in [0.4, 0.5) is 0 Å². The Labute approximate surface area is 214 Å². The third-order valence-corrected chi connectivity index (χ3v) is 7.30. The van der Waals surface area contributed by atoms with Gasteiger partial charge in [-0.3, -0.25) is 0 Å². The third-order valence-electron chi connectivity index (χ3n) is 7.07. The van der Waals surface area contributed by atoms with Gasteiger partial charge in [-0.05, 0) is 68.9 Å². The second kappa shape index (κ2) is 8.41. The predicted molar refractivity (Wildman–Crippen MR) is 155 cm³/mol. The van der Waals surface area contributed by atoms with Gasteiger partial charge in [-0.1, -0.05) is 109 Å². The van der Waals surface area contributed by atoms with Gasteiger partial charge < -0.3 is 4.98 Å². The summed E-state index contributed by atoms with van der Waals surface area (Å²) in [6.07, 6.45) is 0. The van der Waals surface area contributed by atoms with Crippen LogP contribution in [0.1, 0.15) is 0 Å². The second-order valence-electron chi connectivity index (χ2n) is 9.23. The van der Waals surface area contributed by atoms with Crippen molar-refractivity contribution in [3.63, 3.8) is 0 Å². The molecule has 2 heteroatoms. The molecule has 0 aliphatic carbocycles. The molecule has 0 bridgehead atoms. The molecule has 0 saturated heterocycles. The van der Waals surface area contributed by atoms with Crippen molar-refractivity contribution >= 4 is 44.2 Å². The first-order valence-electron chi connectivity index (χ1n) is 12.1. The number of aromatic amines is 1. The van der Waals surface area contributed by atoms with E-state index in [1.807, 2.05) is 6.07 Å². The van der Waals surface area contributed by atoms with Gasteiger partial charge in [0.2, 0.25) is 0 Å². The van der Waals surface area contributed by atoms with Crippen LogP contribution in [0.5, 0.6) is 0 Å². The van der Waals surface area contributed by atoms with Crippen LogP contribution in [-0.4, -0.2) is 4.98 Å². The van der Waals surface area contributed by atoms with Gasteiger partial charge >= 0.3 is 0 Å². The molecule has 7 rings (SSSR count). The number of benzene rings is 6. The lowest BCUT2D eigenvalue weighted by Gasteiger charge is -2.13. The fourth-order valence-electron chi connectivity index (χ4n) is 5.33. The van der Waals surface area contributed by atoms with Gasteiger partial charge in [0.15, 0.2) is 0 Å². The zero-order valence-electron chi connectivity index (χ0n) is 19.5. The summed E-state index contributed by atoms with van der Waals surface area (Å²) in [7, 11) is 0. The summed E-state index contributed by atoms with van der Waals surface area (Å²) in [5, 5.41) is 5.69. The Kier molecular flexibility index (Phi) is 4.90. The topological polar surface area (TPSA) is 15.8 Å². The Balaban J connectivity index is 1.40. The molecule has 1 aromatic heterocycles. The number of halogens is 1. The van der Waals surface area contributed by atoms with Crippen LogP contribution in [0.25, 0.3) is 66.0 Å². The van der Waals surface area contributed by atoms with E-state index in [0.717, 1.165) is 21.7 Å². The Morgan fingerprint density at radius 1 is 0.444 bits per heavy atom. The zero-order chi connectivity index (χ0) is 24.1. The van der Waals surface area contributed by atoms with Gasteiger partial charge in [0.25, 0.3) is 0 Å². The minimum absolute atomic E-state index is 0.737. The lowest BCUT2D eigenvalue weighted by atomic mass is 9.91. The van der Waals surface area contributed by atoms with Gasteiger partial charge in [-0.2, -0.15) is 0 Å². The number of fused-ring (bicyclic) bond motifs is 4. The molecule has 1 N–H and O–H groups in total. The lowest BCUT2D eigenvalue weighted by molar-refractivity contribution is 1.53. The molecule has 1 nitrogen and oxygen atoms in total. The number of rotatable bonds is 3. The summed E-state index contributed by atoms with van der Waals surface area (Å²) < 4.78 is 0. The number of aromatic nitrogens is 1. The van der Waals surface area contributed by atoms with Gasteiger partial charge in [-0.15, -0.1) is 0 Å². The zero-order valence-corrected chi connectivity index (χ0v) is 20.3. The van der Waals surface area contributed by atoms with Crippen LogP contribution in [0.15, 0.2) is 127 Å². The van der Waals surface area contributed by atoms with E-state index in [1.54, 1.807) is 0 Å². The second-order valence-corrected chi connectivity index (χ2v) is 9.67. The van der Waals surface area contributed by atoms with E-state index < -0.39 is 0 Å². The molecule has 0 radical (unpaired) electrons. The molecule has 0 atom stereocenters. The molecule has 1 heterocycles. The summed E-state index contributed by atoms with van der Waals surface area (Å²) in [5.74, 6) is 0. The molecule has 0 unspecified atom stereocenters. The van der Waals surface area contributed by atoms with Crippen LogP contribution >= 0.6 is 11.6 Å². The normalized spacial score (nSPS) is 11.5. The quantitative estimate of drug-likeness (QED) is 0.259. The van der Waals surface area contributed by atoms with E-state index >= 15 is 0 Å². The Hall–Kier alpha value is -4.33. The summed E-state index contributed by atoms with van der Waals surface area (Å²) in [6.45, 7) is 0. The minimum atomic E-state index is 0.737. The van der Waals surface area contributed by atoms with Crippen LogP contribution in [0.3, 0.4) is 0 Å². The number of para-hydroxylation sites is 2. The Morgan fingerprint density at radius 3 is 2.08 bits per heavy atom. The molecule has 0 fully saturated rings. The van der Waals surface area contributed by atoms with Crippen LogP contribution in [0.2, 0.25) is 5.02 Å². The molecule has 170 valence electrons. The van der Waals surface area contributed by atoms with Gasteiger partial charge in [0, 0.05) is 26.9 Å². The molecular formula is C34H22ClN. The van der Waals surface area contributed by atoms with Crippen molar-refractivity contribution in [2.24, 2.45) is 0 Å². The summed E-state index contributed by atoms with van der Waals surface area (Å²) in [6, 6.07) is 45.1. The largest absolute Gasteiger partial charge is 0.354 e. The molecule has 0 aliphatic rings. The molecule has 7 aromatic rings. The smallest absolute Gasteiger partial charge is 0.0544 e. The maximum atomic E-state index is 6.50. The van der Waals surface area contributed by atoms with Crippen molar-refractivity contribution in [3.8, 4) is 33.4 Å². The fourth-order valence-corrected chi connectivity index (χ4v) is 5.50. The lowest BCUT2D eigenvalue weighted by Crippen LogP contribution is -1.88. The molecule has 0 amide bonds. The van der Waals surface area contributed by atoms with Crippen LogP contribution in [0, 0.1) is 0 Å². The molecule has 0 spiro atoms. The van der Waals surface area contributed by atoms with Crippen LogP contribution < -0.4 is 0 Å². The summed E-state index contributed by atoms with van der Waals surface area (Å²) in [4.78, 5) is 3.65. The maximum absolute atomic E-state index is 6.50. The van der Waals surface area contributed by atoms with Gasteiger partial charge in [0.1, 0.15) is 0 Å². The molecule has 0 aliphatic heterocycles. The SMILES string of the molecule is Clc1ccc(-c2cccc(-c3cccc4c3[nH]c3ccccc34)c2)c(-c2ccc3ccccc3c2)c1. The highest BCUT2D eigenvalue weighted by atomic mass is 35.5. The molecule has 36 heavy (non-hydrogen) atoms. The monoisotopic (exact) mass is 479 g/mol. The minimum Gasteiger partial charge on any atom is -0.354 e. The molecule has 0 saturated carbocycles. The van der Waals surface area contributed by atoms with Crippen molar-refractivity contribution in [2.75, 3.05) is 0 Å². The highest BCUT2D eigenvalue weighted by Gasteiger charge is 2.13. The third kappa shape index (κ3) is 3.48. The first-order chi connectivity index (χ1) is 17.7. The van der Waals surface area contributed by atoms with Gasteiger partial charge in [0.05, 0.1) is 5.52 Å². The first-order valence-corrected chi connectivity index (χ1v) is 12.5. The number of hydrogen-bond donors (Lipinski definition) is 1. The van der Waals surface area contributed by atoms with E-state index in [1.165, 1.54) is 49.3 Å². The first kappa shape index (κ1) is 21.0. The van der Waals surface area contributed by atoms with Crippen LogP contribution in [-0.2, 0) is 0 Å².